The Hall–Kier alpha value is -1.22. The van der Waals surface area contributed by atoms with Gasteiger partial charge >= 0.3 is 0 Å². The third-order valence-electron chi connectivity index (χ3n) is 2.94. The van der Waals surface area contributed by atoms with Crippen LogP contribution in [-0.2, 0) is 6.42 Å². The molecule has 1 rings (SSSR count). The smallest absolute Gasteiger partial charge is 0.161 e. The van der Waals surface area contributed by atoms with E-state index in [0.717, 1.165) is 37.4 Å². The van der Waals surface area contributed by atoms with Crippen molar-refractivity contribution in [3.05, 3.63) is 23.8 Å². The highest BCUT2D eigenvalue weighted by molar-refractivity contribution is 5.43. The first-order valence-electron chi connectivity index (χ1n) is 7.31. The average Bonchev–Trinajstić information content (AvgIpc) is 2.43. The minimum Gasteiger partial charge on any atom is -0.490 e. The van der Waals surface area contributed by atoms with Gasteiger partial charge in [0.25, 0.3) is 0 Å². The van der Waals surface area contributed by atoms with Crippen molar-refractivity contribution in [1.29, 1.82) is 0 Å². The Kier molecular flexibility index (Phi) is 8.07. The summed E-state index contributed by atoms with van der Waals surface area (Å²) < 4.78 is 11.4. The van der Waals surface area contributed by atoms with Crippen LogP contribution in [0.4, 0.5) is 0 Å². The van der Waals surface area contributed by atoms with Crippen LogP contribution in [0.2, 0.25) is 0 Å². The van der Waals surface area contributed by atoms with E-state index in [9.17, 15) is 0 Å². The number of unbranched alkanes of at least 4 members (excludes halogenated alkanes) is 2. The summed E-state index contributed by atoms with van der Waals surface area (Å²) in [7, 11) is 0. The summed E-state index contributed by atoms with van der Waals surface area (Å²) in [6.07, 6.45) is 5.11. The van der Waals surface area contributed by atoms with E-state index in [2.05, 4.69) is 6.92 Å². The molecule has 0 saturated heterocycles. The second kappa shape index (κ2) is 9.68. The third kappa shape index (κ3) is 5.97. The number of rotatable bonds is 10. The SMILES string of the molecule is CCCCCOc1ccc(CCCO)cc1OCC. The first kappa shape index (κ1) is 15.8. The first-order valence-corrected chi connectivity index (χ1v) is 7.31. The fourth-order valence-electron chi connectivity index (χ4n) is 1.91. The predicted molar refractivity (Wildman–Crippen MR) is 78.0 cm³/mol. The molecular weight excluding hydrogens is 240 g/mol. The second-order valence-corrected chi connectivity index (χ2v) is 4.60. The zero-order valence-electron chi connectivity index (χ0n) is 12.2. The Bertz CT molecular complexity index is 350. The Morgan fingerprint density at radius 1 is 1.00 bits per heavy atom. The van der Waals surface area contributed by atoms with Crippen LogP contribution in [0.3, 0.4) is 0 Å². The van der Waals surface area contributed by atoms with Crippen molar-refractivity contribution in [3.63, 3.8) is 0 Å². The molecule has 108 valence electrons. The highest BCUT2D eigenvalue weighted by Gasteiger charge is 2.06. The van der Waals surface area contributed by atoms with Crippen LogP contribution in [0.5, 0.6) is 11.5 Å². The van der Waals surface area contributed by atoms with Crippen LogP contribution in [0.25, 0.3) is 0 Å². The lowest BCUT2D eigenvalue weighted by Crippen LogP contribution is -2.02. The Labute approximate surface area is 116 Å². The molecule has 0 amide bonds. The summed E-state index contributed by atoms with van der Waals surface area (Å²) in [4.78, 5) is 0. The van der Waals surface area contributed by atoms with Gasteiger partial charge < -0.3 is 14.6 Å². The summed E-state index contributed by atoms with van der Waals surface area (Å²) >= 11 is 0. The van der Waals surface area contributed by atoms with Crippen molar-refractivity contribution in [3.8, 4) is 11.5 Å². The molecule has 0 fully saturated rings. The van der Waals surface area contributed by atoms with Crippen LogP contribution >= 0.6 is 0 Å². The first-order chi connectivity index (χ1) is 9.31. The molecule has 0 aliphatic rings. The van der Waals surface area contributed by atoms with E-state index in [0.29, 0.717) is 6.61 Å². The third-order valence-corrected chi connectivity index (χ3v) is 2.94. The van der Waals surface area contributed by atoms with Crippen molar-refractivity contribution >= 4 is 0 Å². The number of aryl methyl sites for hydroxylation is 1. The van der Waals surface area contributed by atoms with E-state index in [1.54, 1.807) is 0 Å². The van der Waals surface area contributed by atoms with Crippen LogP contribution < -0.4 is 9.47 Å². The maximum Gasteiger partial charge on any atom is 0.161 e. The molecule has 0 heterocycles. The minimum absolute atomic E-state index is 0.221. The Balaban J connectivity index is 2.62. The van der Waals surface area contributed by atoms with Crippen molar-refractivity contribution in [2.24, 2.45) is 0 Å². The molecule has 0 bridgehead atoms. The van der Waals surface area contributed by atoms with Gasteiger partial charge in [-0.05, 0) is 43.9 Å². The fourth-order valence-corrected chi connectivity index (χ4v) is 1.91. The number of aliphatic hydroxyl groups excluding tert-OH is 1. The van der Waals surface area contributed by atoms with Gasteiger partial charge in [0.05, 0.1) is 13.2 Å². The largest absolute Gasteiger partial charge is 0.490 e. The molecule has 1 N–H and O–H groups in total. The summed E-state index contributed by atoms with van der Waals surface area (Å²) in [6, 6.07) is 6.05. The molecule has 0 saturated carbocycles. The lowest BCUT2D eigenvalue weighted by Gasteiger charge is -2.13. The molecule has 19 heavy (non-hydrogen) atoms. The van der Waals surface area contributed by atoms with E-state index in [1.165, 1.54) is 18.4 Å². The topological polar surface area (TPSA) is 38.7 Å². The van der Waals surface area contributed by atoms with E-state index < -0.39 is 0 Å². The van der Waals surface area contributed by atoms with Crippen LogP contribution in [0.1, 0.15) is 45.1 Å². The minimum atomic E-state index is 0.221. The summed E-state index contributed by atoms with van der Waals surface area (Å²) in [6.45, 7) is 5.75. The number of hydrogen-bond donors (Lipinski definition) is 1. The average molecular weight is 266 g/mol. The van der Waals surface area contributed by atoms with E-state index in [1.807, 2.05) is 25.1 Å². The van der Waals surface area contributed by atoms with Crippen molar-refractivity contribution < 1.29 is 14.6 Å². The molecule has 0 radical (unpaired) electrons. The molecule has 0 unspecified atom stereocenters. The van der Waals surface area contributed by atoms with Crippen LogP contribution in [0, 0.1) is 0 Å². The van der Waals surface area contributed by atoms with E-state index in [-0.39, 0.29) is 6.61 Å². The van der Waals surface area contributed by atoms with Crippen LogP contribution in [-0.4, -0.2) is 24.9 Å². The molecule has 0 aliphatic carbocycles. The molecule has 3 heteroatoms. The van der Waals surface area contributed by atoms with Crippen molar-refractivity contribution in [1.82, 2.24) is 0 Å². The molecular formula is C16H26O3. The maximum atomic E-state index is 8.87. The fraction of sp³-hybridized carbons (Fsp3) is 0.625. The molecule has 0 aromatic heterocycles. The number of ether oxygens (including phenoxy) is 2. The van der Waals surface area contributed by atoms with Gasteiger partial charge in [-0.2, -0.15) is 0 Å². The van der Waals surface area contributed by atoms with Gasteiger partial charge in [-0.25, -0.2) is 0 Å². The molecule has 0 atom stereocenters. The summed E-state index contributed by atoms with van der Waals surface area (Å²) in [5.41, 5.74) is 1.18. The van der Waals surface area contributed by atoms with Gasteiger partial charge in [0.2, 0.25) is 0 Å². The van der Waals surface area contributed by atoms with Crippen molar-refractivity contribution in [2.75, 3.05) is 19.8 Å². The zero-order valence-corrected chi connectivity index (χ0v) is 12.2. The highest BCUT2D eigenvalue weighted by Crippen LogP contribution is 2.29. The molecule has 1 aromatic carbocycles. The molecule has 3 nitrogen and oxygen atoms in total. The Morgan fingerprint density at radius 3 is 2.53 bits per heavy atom. The van der Waals surface area contributed by atoms with E-state index >= 15 is 0 Å². The predicted octanol–water partition coefficient (Wildman–Crippen LogP) is 3.58. The monoisotopic (exact) mass is 266 g/mol. The Morgan fingerprint density at radius 2 is 1.84 bits per heavy atom. The van der Waals surface area contributed by atoms with E-state index in [4.69, 9.17) is 14.6 Å². The van der Waals surface area contributed by atoms with Gasteiger partial charge in [0.1, 0.15) is 0 Å². The zero-order chi connectivity index (χ0) is 13.9. The highest BCUT2D eigenvalue weighted by atomic mass is 16.5. The van der Waals surface area contributed by atoms with Gasteiger partial charge in [-0.1, -0.05) is 25.8 Å². The van der Waals surface area contributed by atoms with Gasteiger partial charge in [0.15, 0.2) is 11.5 Å². The van der Waals surface area contributed by atoms with Gasteiger partial charge in [-0.3, -0.25) is 0 Å². The molecule has 0 aliphatic heterocycles. The number of benzene rings is 1. The van der Waals surface area contributed by atoms with Crippen molar-refractivity contribution in [2.45, 2.75) is 46.0 Å². The second-order valence-electron chi connectivity index (χ2n) is 4.60. The normalized spacial score (nSPS) is 10.5. The van der Waals surface area contributed by atoms with Gasteiger partial charge in [0, 0.05) is 6.61 Å². The summed E-state index contributed by atoms with van der Waals surface area (Å²) in [5.74, 6) is 1.64. The number of aliphatic hydroxyl groups is 1. The standard InChI is InChI=1S/C16H26O3/c1-3-5-6-12-19-15-10-9-14(8-7-11-17)13-16(15)18-4-2/h9-10,13,17H,3-8,11-12H2,1-2H3. The number of hydrogen-bond acceptors (Lipinski definition) is 3. The summed E-state index contributed by atoms with van der Waals surface area (Å²) in [5, 5.41) is 8.87. The molecule has 0 spiro atoms. The lowest BCUT2D eigenvalue weighted by molar-refractivity contribution is 0.270. The lowest BCUT2D eigenvalue weighted by atomic mass is 10.1. The quantitative estimate of drug-likeness (QED) is 0.658. The van der Waals surface area contributed by atoms with Gasteiger partial charge in [-0.15, -0.1) is 0 Å². The maximum absolute atomic E-state index is 8.87. The molecule has 1 aromatic rings. The van der Waals surface area contributed by atoms with Crippen LogP contribution in [0.15, 0.2) is 18.2 Å².